The van der Waals surface area contributed by atoms with Crippen molar-refractivity contribution >= 4 is 6.03 Å². The summed E-state index contributed by atoms with van der Waals surface area (Å²) in [4.78, 5) is 14.6. The number of nitrogens with one attached hydrogen (secondary N) is 2. The minimum atomic E-state index is -0.675. The van der Waals surface area contributed by atoms with Gasteiger partial charge < -0.3 is 20.6 Å². The third-order valence-electron chi connectivity index (χ3n) is 5.35. The average molecular weight is 345 g/mol. The van der Waals surface area contributed by atoms with Crippen molar-refractivity contribution in [3.63, 3.8) is 0 Å². The van der Waals surface area contributed by atoms with Gasteiger partial charge in [-0.25, -0.2) is 4.79 Å². The van der Waals surface area contributed by atoms with Gasteiger partial charge in [-0.2, -0.15) is 0 Å². The van der Waals surface area contributed by atoms with Crippen LogP contribution in [0.2, 0.25) is 0 Å². The summed E-state index contributed by atoms with van der Waals surface area (Å²) in [5.41, 5.74) is 3.09. The molecule has 1 saturated carbocycles. The molecular formula is C20H31N3O2. The molecule has 5 nitrogen and oxygen atoms in total. The lowest BCUT2D eigenvalue weighted by Crippen LogP contribution is -2.43. The number of urea groups is 1. The summed E-state index contributed by atoms with van der Waals surface area (Å²) < 4.78 is 0. The molecule has 3 rings (SSSR count). The highest BCUT2D eigenvalue weighted by molar-refractivity contribution is 5.73. The number of hydrogen-bond donors (Lipinski definition) is 3. The van der Waals surface area contributed by atoms with Crippen LogP contribution in [0.15, 0.2) is 18.2 Å². The predicted octanol–water partition coefficient (Wildman–Crippen LogP) is 2.51. The van der Waals surface area contributed by atoms with Gasteiger partial charge in [-0.15, -0.1) is 0 Å². The molecule has 1 atom stereocenters. The van der Waals surface area contributed by atoms with Gasteiger partial charge in [-0.05, 0) is 64.1 Å². The maximum atomic E-state index is 12.0. The van der Waals surface area contributed by atoms with E-state index >= 15 is 0 Å². The van der Waals surface area contributed by atoms with E-state index in [1.54, 1.807) is 0 Å². The highest BCUT2D eigenvalue weighted by Gasteiger charge is 2.31. The molecule has 1 aromatic carbocycles. The molecule has 1 aliphatic carbocycles. The number of aliphatic hydroxyl groups excluding tert-OH is 1. The number of piperidine rings is 1. The molecule has 1 aliphatic heterocycles. The number of carbonyl (C=O) groups is 1. The largest absolute Gasteiger partial charge is 0.387 e. The van der Waals surface area contributed by atoms with Crippen molar-refractivity contribution in [1.82, 2.24) is 15.5 Å². The number of aryl methyl sites for hydroxylation is 2. The lowest BCUT2D eigenvalue weighted by molar-refractivity contribution is 0.167. The van der Waals surface area contributed by atoms with Gasteiger partial charge in [-0.1, -0.05) is 29.3 Å². The lowest BCUT2D eigenvalue weighted by atomic mass is 9.97. The van der Waals surface area contributed by atoms with E-state index in [-0.39, 0.29) is 12.6 Å². The van der Waals surface area contributed by atoms with Crippen molar-refractivity contribution in [2.45, 2.75) is 51.7 Å². The standard InChI is InChI=1S/C20H31N3O2/c1-14-9-15(2)11-17(10-14)19(24)13-22-20(25)21-12-16-5-7-23(8-6-16)18-3-4-18/h9-11,16,18-19,24H,3-8,12-13H2,1-2H3,(H2,21,22,25). The molecule has 0 aromatic heterocycles. The molecule has 2 aliphatic rings. The maximum absolute atomic E-state index is 12.0. The molecule has 0 bridgehead atoms. The molecule has 1 heterocycles. The first-order chi connectivity index (χ1) is 12.0. The van der Waals surface area contributed by atoms with Crippen LogP contribution in [-0.2, 0) is 0 Å². The van der Waals surface area contributed by atoms with Crippen LogP contribution in [0.25, 0.3) is 0 Å². The van der Waals surface area contributed by atoms with Gasteiger partial charge in [-0.3, -0.25) is 0 Å². The minimum Gasteiger partial charge on any atom is -0.387 e. The molecule has 25 heavy (non-hydrogen) atoms. The number of aliphatic hydroxyl groups is 1. The number of likely N-dealkylation sites (tertiary alicyclic amines) is 1. The lowest BCUT2D eigenvalue weighted by Gasteiger charge is -2.32. The minimum absolute atomic E-state index is 0.187. The summed E-state index contributed by atoms with van der Waals surface area (Å²) >= 11 is 0. The smallest absolute Gasteiger partial charge is 0.314 e. The number of amides is 2. The van der Waals surface area contributed by atoms with Gasteiger partial charge in [0.25, 0.3) is 0 Å². The Hall–Kier alpha value is -1.59. The molecule has 5 heteroatoms. The summed E-state index contributed by atoms with van der Waals surface area (Å²) in [5.74, 6) is 0.574. The van der Waals surface area contributed by atoms with E-state index in [4.69, 9.17) is 0 Å². The molecule has 0 spiro atoms. The summed E-state index contributed by atoms with van der Waals surface area (Å²) in [6.07, 6.45) is 4.40. The number of carbonyl (C=O) groups excluding carboxylic acids is 1. The highest BCUT2D eigenvalue weighted by Crippen LogP contribution is 2.30. The van der Waals surface area contributed by atoms with Gasteiger partial charge in [0.05, 0.1) is 6.10 Å². The van der Waals surface area contributed by atoms with E-state index in [9.17, 15) is 9.90 Å². The number of hydrogen-bond acceptors (Lipinski definition) is 3. The van der Waals surface area contributed by atoms with Crippen LogP contribution < -0.4 is 10.6 Å². The van der Waals surface area contributed by atoms with Crippen molar-refractivity contribution < 1.29 is 9.90 Å². The topological polar surface area (TPSA) is 64.6 Å². The van der Waals surface area contributed by atoms with E-state index in [1.807, 2.05) is 26.0 Å². The quantitative estimate of drug-likeness (QED) is 0.742. The SMILES string of the molecule is Cc1cc(C)cc(C(O)CNC(=O)NCC2CCN(C3CC3)CC2)c1. The summed E-state index contributed by atoms with van der Waals surface area (Å²) in [6, 6.07) is 6.66. The van der Waals surface area contributed by atoms with Crippen LogP contribution in [0, 0.1) is 19.8 Å². The van der Waals surface area contributed by atoms with Crippen LogP contribution >= 0.6 is 0 Å². The second-order valence-corrected chi connectivity index (χ2v) is 7.74. The van der Waals surface area contributed by atoms with Crippen LogP contribution in [0.3, 0.4) is 0 Å². The van der Waals surface area contributed by atoms with E-state index in [0.717, 1.165) is 29.3 Å². The molecule has 1 aromatic rings. The molecule has 1 unspecified atom stereocenters. The van der Waals surface area contributed by atoms with Crippen LogP contribution in [0.1, 0.15) is 48.5 Å². The molecule has 0 radical (unpaired) electrons. The van der Waals surface area contributed by atoms with Crippen LogP contribution in [0.4, 0.5) is 4.79 Å². The van der Waals surface area contributed by atoms with Gasteiger partial charge in [0.2, 0.25) is 0 Å². The van der Waals surface area contributed by atoms with Gasteiger partial charge in [0.15, 0.2) is 0 Å². The summed E-state index contributed by atoms with van der Waals surface area (Å²) in [7, 11) is 0. The first-order valence-electron chi connectivity index (χ1n) is 9.53. The fourth-order valence-electron chi connectivity index (χ4n) is 3.77. The normalized spacial score (nSPS) is 20.3. The Bertz CT molecular complexity index is 572. The molecule has 2 fully saturated rings. The second kappa shape index (κ2) is 8.19. The Morgan fingerprint density at radius 2 is 1.76 bits per heavy atom. The fraction of sp³-hybridized carbons (Fsp3) is 0.650. The highest BCUT2D eigenvalue weighted by atomic mass is 16.3. The van der Waals surface area contributed by atoms with E-state index < -0.39 is 6.10 Å². The van der Waals surface area contributed by atoms with E-state index in [1.165, 1.54) is 38.8 Å². The Labute approximate surface area is 150 Å². The zero-order chi connectivity index (χ0) is 17.8. The average Bonchev–Trinajstić information content (AvgIpc) is 3.42. The monoisotopic (exact) mass is 345 g/mol. The third kappa shape index (κ3) is 5.44. The van der Waals surface area contributed by atoms with Crippen molar-refractivity contribution in [3.8, 4) is 0 Å². The van der Waals surface area contributed by atoms with Gasteiger partial charge in [0.1, 0.15) is 0 Å². The van der Waals surface area contributed by atoms with Gasteiger partial charge in [0, 0.05) is 19.1 Å². The maximum Gasteiger partial charge on any atom is 0.314 e. The van der Waals surface area contributed by atoms with Crippen LogP contribution in [0.5, 0.6) is 0 Å². The zero-order valence-electron chi connectivity index (χ0n) is 15.4. The Morgan fingerprint density at radius 1 is 1.12 bits per heavy atom. The second-order valence-electron chi connectivity index (χ2n) is 7.74. The van der Waals surface area contributed by atoms with Gasteiger partial charge >= 0.3 is 6.03 Å². The van der Waals surface area contributed by atoms with Crippen molar-refractivity contribution in [2.24, 2.45) is 5.92 Å². The van der Waals surface area contributed by atoms with Crippen LogP contribution in [-0.4, -0.2) is 48.3 Å². The Morgan fingerprint density at radius 3 is 2.36 bits per heavy atom. The van der Waals surface area contributed by atoms with E-state index in [2.05, 4.69) is 21.6 Å². The molecule has 1 saturated heterocycles. The van der Waals surface area contributed by atoms with E-state index in [0.29, 0.717) is 5.92 Å². The first-order valence-corrected chi connectivity index (χ1v) is 9.53. The fourth-order valence-corrected chi connectivity index (χ4v) is 3.77. The third-order valence-corrected chi connectivity index (χ3v) is 5.35. The van der Waals surface area contributed by atoms with Crippen molar-refractivity contribution in [3.05, 3.63) is 34.9 Å². The molecule has 138 valence electrons. The number of benzene rings is 1. The number of rotatable bonds is 6. The van der Waals surface area contributed by atoms with Crippen molar-refractivity contribution in [1.29, 1.82) is 0 Å². The van der Waals surface area contributed by atoms with Crippen molar-refractivity contribution in [2.75, 3.05) is 26.2 Å². The summed E-state index contributed by atoms with van der Waals surface area (Å²) in [6.45, 7) is 7.32. The first kappa shape index (κ1) is 18.2. The Kier molecular flexibility index (Phi) is 5.97. The molecule has 2 amide bonds. The number of nitrogens with zero attached hydrogens (tertiary/aromatic N) is 1. The predicted molar refractivity (Wildman–Crippen MR) is 99.6 cm³/mol. The Balaban J connectivity index is 1.35. The zero-order valence-corrected chi connectivity index (χ0v) is 15.4. The molecule has 3 N–H and O–H groups in total. The summed E-state index contributed by atoms with van der Waals surface area (Å²) in [5, 5.41) is 16.0. The molecular weight excluding hydrogens is 314 g/mol.